The normalized spacial score (nSPS) is 16.1. The van der Waals surface area contributed by atoms with E-state index in [1.165, 1.54) is 12.1 Å². The zero-order valence-corrected chi connectivity index (χ0v) is 10.4. The van der Waals surface area contributed by atoms with Crippen LogP contribution in [-0.2, 0) is 9.63 Å². The van der Waals surface area contributed by atoms with Gasteiger partial charge in [-0.2, -0.15) is 0 Å². The zero-order valence-electron chi connectivity index (χ0n) is 10.4. The Bertz CT molecular complexity index is 720. The van der Waals surface area contributed by atoms with Crippen LogP contribution in [0.1, 0.15) is 11.1 Å². The highest BCUT2D eigenvalue weighted by atomic mass is 19.1. The summed E-state index contributed by atoms with van der Waals surface area (Å²) in [4.78, 5) is 16.4. The van der Waals surface area contributed by atoms with E-state index < -0.39 is 11.8 Å². The minimum atomic E-state index is -0.577. The molecule has 1 heterocycles. The molecule has 4 heteroatoms. The van der Waals surface area contributed by atoms with E-state index in [0.29, 0.717) is 11.3 Å². The summed E-state index contributed by atoms with van der Waals surface area (Å²) >= 11 is 0. The van der Waals surface area contributed by atoms with Crippen LogP contribution in [0.3, 0.4) is 0 Å². The number of hydrogen-bond acceptors (Lipinski definition) is 3. The predicted molar refractivity (Wildman–Crippen MR) is 73.4 cm³/mol. The Morgan fingerprint density at radius 3 is 2.45 bits per heavy atom. The molecule has 2 aromatic rings. The molecule has 0 aliphatic carbocycles. The van der Waals surface area contributed by atoms with Crippen molar-refractivity contribution in [3.8, 4) is 0 Å². The summed E-state index contributed by atoms with van der Waals surface area (Å²) in [6.45, 7) is 0. The zero-order chi connectivity index (χ0) is 13.9. The fourth-order valence-electron chi connectivity index (χ4n) is 1.96. The molecule has 0 atom stereocenters. The Morgan fingerprint density at radius 1 is 1.00 bits per heavy atom. The molecule has 0 N–H and O–H groups in total. The van der Waals surface area contributed by atoms with Crippen LogP contribution in [0.25, 0.3) is 6.08 Å². The van der Waals surface area contributed by atoms with E-state index in [9.17, 15) is 9.18 Å². The number of oxime groups is 1. The first-order chi connectivity index (χ1) is 9.75. The lowest BCUT2D eigenvalue weighted by atomic mass is 10.0. The van der Waals surface area contributed by atoms with Gasteiger partial charge in [-0.1, -0.05) is 53.7 Å². The maximum Gasteiger partial charge on any atom is 0.368 e. The fourth-order valence-corrected chi connectivity index (χ4v) is 1.96. The number of benzene rings is 2. The molecule has 1 aliphatic rings. The Labute approximate surface area is 115 Å². The van der Waals surface area contributed by atoms with Crippen molar-refractivity contribution in [2.24, 2.45) is 5.16 Å². The molecule has 0 spiro atoms. The van der Waals surface area contributed by atoms with Crippen LogP contribution in [0, 0.1) is 5.82 Å². The first-order valence-corrected chi connectivity index (χ1v) is 6.07. The molecular weight excluding hydrogens is 257 g/mol. The van der Waals surface area contributed by atoms with E-state index in [1.54, 1.807) is 18.2 Å². The Balaban J connectivity index is 2.05. The maximum absolute atomic E-state index is 13.7. The summed E-state index contributed by atoms with van der Waals surface area (Å²) in [7, 11) is 0. The van der Waals surface area contributed by atoms with Crippen molar-refractivity contribution in [2.45, 2.75) is 0 Å². The second-order valence-corrected chi connectivity index (χ2v) is 4.26. The van der Waals surface area contributed by atoms with Gasteiger partial charge in [0, 0.05) is 11.1 Å². The Morgan fingerprint density at radius 2 is 1.70 bits per heavy atom. The fraction of sp³-hybridized carbons (Fsp3) is 0. The molecule has 0 amide bonds. The van der Waals surface area contributed by atoms with Crippen molar-refractivity contribution in [1.82, 2.24) is 0 Å². The first-order valence-electron chi connectivity index (χ1n) is 6.07. The van der Waals surface area contributed by atoms with Crippen LogP contribution in [0.2, 0.25) is 0 Å². The summed E-state index contributed by atoms with van der Waals surface area (Å²) in [6.07, 6.45) is 1.45. The van der Waals surface area contributed by atoms with Crippen molar-refractivity contribution in [1.29, 1.82) is 0 Å². The lowest BCUT2D eigenvalue weighted by Crippen LogP contribution is -2.06. The highest BCUT2D eigenvalue weighted by Crippen LogP contribution is 2.21. The predicted octanol–water partition coefficient (Wildman–Crippen LogP) is 3.17. The van der Waals surface area contributed by atoms with E-state index in [2.05, 4.69) is 5.16 Å². The summed E-state index contributed by atoms with van der Waals surface area (Å²) in [5.41, 5.74) is 1.74. The maximum atomic E-state index is 13.7. The van der Waals surface area contributed by atoms with Crippen molar-refractivity contribution < 1.29 is 14.0 Å². The molecular formula is C16H10FNO2. The van der Waals surface area contributed by atoms with Crippen LogP contribution in [0.5, 0.6) is 0 Å². The van der Waals surface area contributed by atoms with Gasteiger partial charge in [0.1, 0.15) is 11.5 Å². The standard InChI is InChI=1S/C16H10FNO2/c17-14-9-5-4-8-12(14)10-13-15(18-20-16(13)19)11-6-2-1-3-7-11/h1-10H/b13-10-. The van der Waals surface area contributed by atoms with Gasteiger partial charge < -0.3 is 4.84 Å². The third-order valence-electron chi connectivity index (χ3n) is 2.95. The van der Waals surface area contributed by atoms with Gasteiger partial charge in [0.25, 0.3) is 0 Å². The lowest BCUT2D eigenvalue weighted by molar-refractivity contribution is -0.136. The SMILES string of the molecule is O=C1ON=C(c2ccccc2)/C1=C/c1ccccc1F. The molecule has 2 aromatic carbocycles. The third kappa shape index (κ3) is 2.23. The summed E-state index contributed by atoms with van der Waals surface area (Å²) in [5.74, 6) is -0.973. The van der Waals surface area contributed by atoms with E-state index in [-0.39, 0.29) is 5.57 Å². The molecule has 0 unspecified atom stereocenters. The second-order valence-electron chi connectivity index (χ2n) is 4.26. The van der Waals surface area contributed by atoms with Crippen LogP contribution in [0.15, 0.2) is 65.3 Å². The topological polar surface area (TPSA) is 38.7 Å². The number of carbonyl (C=O) groups excluding carboxylic acids is 1. The van der Waals surface area contributed by atoms with Gasteiger partial charge in [0.2, 0.25) is 0 Å². The van der Waals surface area contributed by atoms with Crippen LogP contribution in [-0.4, -0.2) is 11.7 Å². The minimum Gasteiger partial charge on any atom is -0.312 e. The summed E-state index contributed by atoms with van der Waals surface area (Å²) in [6, 6.07) is 15.4. The monoisotopic (exact) mass is 267 g/mol. The molecule has 3 rings (SSSR count). The quantitative estimate of drug-likeness (QED) is 0.619. The summed E-state index contributed by atoms with van der Waals surface area (Å²) in [5, 5.41) is 3.77. The first kappa shape index (κ1) is 12.3. The molecule has 0 bridgehead atoms. The average molecular weight is 267 g/mol. The molecule has 0 aromatic heterocycles. The average Bonchev–Trinajstić information content (AvgIpc) is 2.84. The van der Waals surface area contributed by atoms with Gasteiger partial charge in [-0.3, -0.25) is 0 Å². The molecule has 0 fully saturated rings. The van der Waals surface area contributed by atoms with E-state index in [4.69, 9.17) is 4.84 Å². The van der Waals surface area contributed by atoms with Crippen LogP contribution < -0.4 is 0 Å². The molecule has 0 radical (unpaired) electrons. The Kier molecular flexibility index (Phi) is 3.13. The van der Waals surface area contributed by atoms with Gasteiger partial charge in [0.15, 0.2) is 0 Å². The second kappa shape index (κ2) is 5.09. The van der Waals surface area contributed by atoms with E-state index >= 15 is 0 Å². The largest absolute Gasteiger partial charge is 0.368 e. The molecule has 0 saturated heterocycles. The number of hydrogen-bond donors (Lipinski definition) is 0. The lowest BCUT2D eigenvalue weighted by Gasteiger charge is -2.01. The van der Waals surface area contributed by atoms with Crippen LogP contribution >= 0.6 is 0 Å². The number of rotatable bonds is 2. The van der Waals surface area contributed by atoms with Gasteiger partial charge in [0.05, 0.1) is 5.57 Å². The molecule has 98 valence electrons. The minimum absolute atomic E-state index is 0.251. The van der Waals surface area contributed by atoms with Gasteiger partial charge >= 0.3 is 5.97 Å². The van der Waals surface area contributed by atoms with E-state index in [0.717, 1.165) is 5.56 Å². The van der Waals surface area contributed by atoms with E-state index in [1.807, 2.05) is 30.3 Å². The third-order valence-corrected chi connectivity index (χ3v) is 2.95. The van der Waals surface area contributed by atoms with Crippen LogP contribution in [0.4, 0.5) is 4.39 Å². The highest BCUT2D eigenvalue weighted by Gasteiger charge is 2.26. The van der Waals surface area contributed by atoms with Gasteiger partial charge in [-0.25, -0.2) is 9.18 Å². The van der Waals surface area contributed by atoms with Crippen molar-refractivity contribution in [3.63, 3.8) is 0 Å². The van der Waals surface area contributed by atoms with Crippen molar-refractivity contribution in [3.05, 3.63) is 77.1 Å². The number of halogens is 1. The smallest absolute Gasteiger partial charge is 0.312 e. The van der Waals surface area contributed by atoms with Gasteiger partial charge in [-0.15, -0.1) is 0 Å². The molecule has 3 nitrogen and oxygen atoms in total. The van der Waals surface area contributed by atoms with Crippen molar-refractivity contribution >= 4 is 17.8 Å². The van der Waals surface area contributed by atoms with Gasteiger partial charge in [-0.05, 0) is 12.1 Å². The molecule has 1 aliphatic heterocycles. The number of nitrogens with zero attached hydrogens (tertiary/aromatic N) is 1. The summed E-state index contributed by atoms with van der Waals surface area (Å²) < 4.78 is 13.7. The molecule has 0 saturated carbocycles. The van der Waals surface area contributed by atoms with Crippen molar-refractivity contribution in [2.75, 3.05) is 0 Å². The Hall–Kier alpha value is -2.75. The highest BCUT2D eigenvalue weighted by molar-refractivity contribution is 6.31. The molecule has 20 heavy (non-hydrogen) atoms. The number of carbonyl (C=O) groups is 1.